The van der Waals surface area contributed by atoms with Crippen molar-refractivity contribution < 1.29 is 19.4 Å². The Morgan fingerprint density at radius 1 is 1.36 bits per heavy atom. The molecule has 0 saturated carbocycles. The molecule has 1 aromatic rings. The topological polar surface area (TPSA) is 104 Å². The smallest absolute Gasteiger partial charge is 0.326 e. The van der Waals surface area contributed by atoms with Crippen molar-refractivity contribution in [3.8, 4) is 0 Å². The monoisotopic (exact) mass is 458 g/mol. The van der Waals surface area contributed by atoms with E-state index in [1.165, 1.54) is 12.0 Å². The average Bonchev–Trinajstić information content (AvgIpc) is 3.28. The van der Waals surface area contributed by atoms with E-state index in [0.717, 1.165) is 56.8 Å². The van der Waals surface area contributed by atoms with E-state index >= 15 is 0 Å². The third-order valence-corrected chi connectivity index (χ3v) is 7.61. The minimum atomic E-state index is -0.957. The van der Waals surface area contributed by atoms with Gasteiger partial charge in [0, 0.05) is 38.5 Å². The lowest BCUT2D eigenvalue weighted by atomic mass is 9.81. The van der Waals surface area contributed by atoms with Crippen molar-refractivity contribution in [3.63, 3.8) is 0 Å². The van der Waals surface area contributed by atoms with Gasteiger partial charge in [-0.1, -0.05) is 13.0 Å². The lowest BCUT2D eigenvalue weighted by Crippen LogP contribution is -2.50. The Morgan fingerprint density at radius 2 is 2.18 bits per heavy atom. The van der Waals surface area contributed by atoms with Crippen LogP contribution in [0, 0.1) is 11.3 Å². The number of carboxylic acid groups (broad SMARTS) is 1. The van der Waals surface area contributed by atoms with Crippen LogP contribution in [0.3, 0.4) is 0 Å². The number of aliphatic carboxylic acids is 1. The van der Waals surface area contributed by atoms with Crippen LogP contribution in [0.5, 0.6) is 0 Å². The number of hydrogen-bond donors (Lipinski definition) is 3. The van der Waals surface area contributed by atoms with Gasteiger partial charge in [-0.3, -0.25) is 4.79 Å². The zero-order valence-electron chi connectivity index (χ0n) is 19.8. The standard InChI is InChI=1S/C25H38N4O4/c1-25(10-15-33-16-11-25)24(32)28-21(23(30)31)9-14-29-13-8-18(17-29)4-6-20-7-5-19-3-2-12-26-22(19)27-20/h5,7,18,21H,2-4,6,8-17H2,1H3,(H,26,27)(H,28,32)(H,30,31)/t18-,21?/m1/s1. The molecule has 2 atom stereocenters. The Bertz CT molecular complexity index is 840. The summed E-state index contributed by atoms with van der Waals surface area (Å²) in [7, 11) is 0. The number of aromatic nitrogens is 1. The summed E-state index contributed by atoms with van der Waals surface area (Å²) in [4.78, 5) is 31.7. The number of likely N-dealkylation sites (tertiary alicyclic amines) is 1. The lowest BCUT2D eigenvalue weighted by molar-refractivity contribution is -0.145. The summed E-state index contributed by atoms with van der Waals surface area (Å²) in [6.07, 6.45) is 7.18. The summed E-state index contributed by atoms with van der Waals surface area (Å²) < 4.78 is 5.36. The first-order valence-electron chi connectivity index (χ1n) is 12.5. The first-order valence-corrected chi connectivity index (χ1v) is 12.5. The van der Waals surface area contributed by atoms with E-state index in [1.807, 2.05) is 6.92 Å². The molecule has 3 aliphatic heterocycles. The van der Waals surface area contributed by atoms with Crippen LogP contribution in [-0.4, -0.2) is 72.3 Å². The molecule has 3 N–H and O–H groups in total. The molecule has 0 aromatic carbocycles. The minimum Gasteiger partial charge on any atom is -0.480 e. The van der Waals surface area contributed by atoms with Gasteiger partial charge in [0.05, 0.1) is 5.41 Å². The predicted molar refractivity (Wildman–Crippen MR) is 126 cm³/mol. The highest BCUT2D eigenvalue weighted by molar-refractivity contribution is 5.87. The second kappa shape index (κ2) is 10.8. The molecule has 0 radical (unpaired) electrons. The van der Waals surface area contributed by atoms with Crippen LogP contribution in [0.2, 0.25) is 0 Å². The highest BCUT2D eigenvalue weighted by atomic mass is 16.5. The Kier molecular flexibility index (Phi) is 7.86. The van der Waals surface area contributed by atoms with Crippen LogP contribution in [-0.2, 0) is 27.2 Å². The van der Waals surface area contributed by atoms with Crippen molar-refractivity contribution in [2.75, 3.05) is 44.7 Å². The zero-order valence-corrected chi connectivity index (χ0v) is 19.8. The predicted octanol–water partition coefficient (Wildman–Crippen LogP) is 2.47. The maximum absolute atomic E-state index is 12.7. The molecule has 8 heteroatoms. The number of carbonyl (C=O) groups is 2. The van der Waals surface area contributed by atoms with Crippen molar-refractivity contribution in [1.82, 2.24) is 15.2 Å². The number of carboxylic acids is 1. The van der Waals surface area contributed by atoms with Gasteiger partial charge in [0.1, 0.15) is 11.9 Å². The van der Waals surface area contributed by atoms with E-state index in [4.69, 9.17) is 9.72 Å². The molecular formula is C25H38N4O4. The fourth-order valence-electron chi connectivity index (χ4n) is 5.16. The van der Waals surface area contributed by atoms with E-state index in [9.17, 15) is 14.7 Å². The third-order valence-electron chi connectivity index (χ3n) is 7.61. The number of anilines is 1. The fraction of sp³-hybridized carbons (Fsp3) is 0.720. The number of rotatable bonds is 9. The molecule has 8 nitrogen and oxygen atoms in total. The number of pyridine rings is 1. The van der Waals surface area contributed by atoms with E-state index in [0.29, 0.717) is 44.9 Å². The first kappa shape index (κ1) is 24.0. The Labute approximate surface area is 196 Å². The number of aryl methyl sites for hydroxylation is 2. The van der Waals surface area contributed by atoms with Crippen LogP contribution in [0.4, 0.5) is 5.82 Å². The van der Waals surface area contributed by atoms with Crippen molar-refractivity contribution in [1.29, 1.82) is 0 Å². The van der Waals surface area contributed by atoms with Crippen molar-refractivity contribution in [3.05, 3.63) is 23.4 Å². The molecule has 4 rings (SSSR count). The molecule has 33 heavy (non-hydrogen) atoms. The van der Waals surface area contributed by atoms with Crippen LogP contribution in [0.15, 0.2) is 12.1 Å². The van der Waals surface area contributed by atoms with E-state index in [2.05, 4.69) is 27.7 Å². The highest BCUT2D eigenvalue weighted by Crippen LogP contribution is 2.30. The van der Waals surface area contributed by atoms with Gasteiger partial charge in [-0.2, -0.15) is 0 Å². The van der Waals surface area contributed by atoms with Crippen molar-refractivity contribution in [2.24, 2.45) is 11.3 Å². The minimum absolute atomic E-state index is 0.162. The van der Waals surface area contributed by atoms with Crippen LogP contribution in [0.1, 0.15) is 56.7 Å². The van der Waals surface area contributed by atoms with Crippen LogP contribution >= 0.6 is 0 Å². The number of ether oxygens (including phenoxy) is 1. The number of amides is 1. The van der Waals surface area contributed by atoms with E-state index < -0.39 is 17.4 Å². The largest absolute Gasteiger partial charge is 0.480 e. The van der Waals surface area contributed by atoms with Crippen LogP contribution in [0.25, 0.3) is 0 Å². The van der Waals surface area contributed by atoms with Gasteiger partial charge in [-0.15, -0.1) is 0 Å². The average molecular weight is 459 g/mol. The second-order valence-corrected chi connectivity index (χ2v) is 10.2. The number of fused-ring (bicyclic) bond motifs is 1. The highest BCUT2D eigenvalue weighted by Gasteiger charge is 2.37. The van der Waals surface area contributed by atoms with E-state index in [1.54, 1.807) is 0 Å². The molecule has 1 aromatic heterocycles. The number of carbonyl (C=O) groups excluding carboxylic acids is 1. The zero-order chi connectivity index (χ0) is 23.3. The van der Waals surface area contributed by atoms with Gasteiger partial charge in [-0.25, -0.2) is 9.78 Å². The van der Waals surface area contributed by atoms with Gasteiger partial charge in [-0.05, 0) is 75.5 Å². The molecule has 0 bridgehead atoms. The molecule has 3 aliphatic rings. The molecule has 1 amide bonds. The first-order chi connectivity index (χ1) is 15.9. The number of nitrogens with zero attached hydrogens (tertiary/aromatic N) is 2. The quantitative estimate of drug-likeness (QED) is 0.522. The maximum Gasteiger partial charge on any atom is 0.326 e. The fourth-order valence-corrected chi connectivity index (χ4v) is 5.16. The van der Waals surface area contributed by atoms with Gasteiger partial charge in [0.2, 0.25) is 5.91 Å². The van der Waals surface area contributed by atoms with Gasteiger partial charge in [0.25, 0.3) is 0 Å². The van der Waals surface area contributed by atoms with Gasteiger partial charge in [0.15, 0.2) is 0 Å². The molecule has 1 unspecified atom stereocenters. The molecule has 0 spiro atoms. The Hall–Kier alpha value is -2.19. The lowest BCUT2D eigenvalue weighted by Gasteiger charge is -2.33. The van der Waals surface area contributed by atoms with Gasteiger partial charge < -0.3 is 25.4 Å². The molecular weight excluding hydrogens is 420 g/mol. The summed E-state index contributed by atoms with van der Waals surface area (Å²) in [5, 5.41) is 15.9. The Balaban J connectivity index is 1.21. The normalized spacial score (nSPS) is 23.4. The number of nitrogens with one attached hydrogen (secondary N) is 2. The van der Waals surface area contributed by atoms with Crippen LogP contribution < -0.4 is 10.6 Å². The van der Waals surface area contributed by atoms with Crippen molar-refractivity contribution >= 4 is 17.7 Å². The summed E-state index contributed by atoms with van der Waals surface area (Å²) in [6, 6.07) is 3.53. The summed E-state index contributed by atoms with van der Waals surface area (Å²) in [6.45, 7) is 6.67. The van der Waals surface area contributed by atoms with Gasteiger partial charge >= 0.3 is 5.97 Å². The SMILES string of the molecule is CC1(C(=O)NC(CCN2CC[C@@H](CCc3ccc4c(n3)NCCC4)C2)C(=O)O)CCOCC1. The molecule has 2 saturated heterocycles. The molecule has 182 valence electrons. The number of hydrogen-bond acceptors (Lipinski definition) is 6. The second-order valence-electron chi connectivity index (χ2n) is 10.2. The molecule has 0 aliphatic carbocycles. The molecule has 4 heterocycles. The maximum atomic E-state index is 12.7. The van der Waals surface area contributed by atoms with E-state index in [-0.39, 0.29) is 5.91 Å². The Morgan fingerprint density at radius 3 is 2.97 bits per heavy atom. The third kappa shape index (κ3) is 6.23. The van der Waals surface area contributed by atoms with Crippen molar-refractivity contribution in [2.45, 2.75) is 64.3 Å². The summed E-state index contributed by atoms with van der Waals surface area (Å²) >= 11 is 0. The summed E-state index contributed by atoms with van der Waals surface area (Å²) in [5.41, 5.74) is 1.94. The summed E-state index contributed by atoms with van der Waals surface area (Å²) in [5.74, 6) is 0.546. The molecule has 2 fully saturated rings.